The Morgan fingerprint density at radius 3 is 2.63 bits per heavy atom. The smallest absolute Gasteiger partial charge is 0.294 e. The molecule has 5 heterocycles. The summed E-state index contributed by atoms with van der Waals surface area (Å²) in [5, 5.41) is 18.3. The molecule has 0 atom stereocenters. The summed E-state index contributed by atoms with van der Waals surface area (Å²) in [5.41, 5.74) is 4.33. The largest absolute Gasteiger partial charge is 0.324 e. The normalized spacial score (nSPS) is 16.9. The molecule has 0 unspecified atom stereocenters. The third-order valence-electron chi connectivity index (χ3n) is 7.88. The summed E-state index contributed by atoms with van der Waals surface area (Å²) in [6, 6.07) is 5.49. The fraction of sp³-hybridized carbons (Fsp3) is 0.407. The monoisotopic (exact) mass is 513 g/mol. The average molecular weight is 514 g/mol. The molecule has 1 spiro atoms. The summed E-state index contributed by atoms with van der Waals surface area (Å²) < 4.78 is 3.37. The molecule has 2 N–H and O–H groups in total. The van der Waals surface area contributed by atoms with Gasteiger partial charge in [0.2, 0.25) is 11.7 Å². The SMILES string of the molecule is Cc1ncc(NC(=O)CN2CCCC23CCCC3)cc1NC(=O)c1nnc2cc(-c3cnn(C)c3)ccn12. The predicted molar refractivity (Wildman–Crippen MR) is 143 cm³/mol. The molecule has 38 heavy (non-hydrogen) atoms. The van der Waals surface area contributed by atoms with Crippen molar-refractivity contribution < 1.29 is 9.59 Å². The molecule has 0 aromatic carbocycles. The maximum absolute atomic E-state index is 13.1. The quantitative estimate of drug-likeness (QED) is 0.405. The van der Waals surface area contributed by atoms with Gasteiger partial charge in [0.1, 0.15) is 0 Å². The summed E-state index contributed by atoms with van der Waals surface area (Å²) in [6.45, 7) is 3.15. The lowest BCUT2D eigenvalue weighted by Gasteiger charge is -2.34. The van der Waals surface area contributed by atoms with Gasteiger partial charge in [-0.3, -0.25) is 28.6 Å². The van der Waals surface area contributed by atoms with Crippen molar-refractivity contribution in [1.29, 1.82) is 0 Å². The second kappa shape index (κ2) is 9.64. The van der Waals surface area contributed by atoms with Gasteiger partial charge in [0.05, 0.1) is 36.0 Å². The Morgan fingerprint density at radius 1 is 1.03 bits per heavy atom. The lowest BCUT2D eigenvalue weighted by Crippen LogP contribution is -2.45. The molecule has 196 valence electrons. The number of amides is 2. The Morgan fingerprint density at radius 2 is 1.84 bits per heavy atom. The third kappa shape index (κ3) is 4.53. The molecule has 11 nitrogen and oxygen atoms in total. The van der Waals surface area contributed by atoms with Crippen LogP contribution in [-0.4, -0.2) is 64.7 Å². The standard InChI is InChI=1S/C27H31N9O2/c1-18-22(13-21(15-28-18)30-24(37)17-35-10-5-9-27(35)7-3-4-8-27)31-26(38)25-33-32-23-12-19(6-11-36(23)25)20-14-29-34(2)16-20/h6,11-16H,3-5,7-10,17H2,1-2H3,(H,30,37)(H,31,38). The minimum absolute atomic E-state index is 0.0611. The topological polar surface area (TPSA) is 122 Å². The molecule has 4 aromatic heterocycles. The first-order chi connectivity index (χ1) is 18.4. The van der Waals surface area contributed by atoms with E-state index in [4.69, 9.17) is 0 Å². The molecule has 2 amide bonds. The van der Waals surface area contributed by atoms with E-state index in [1.165, 1.54) is 32.1 Å². The molecule has 4 aromatic rings. The van der Waals surface area contributed by atoms with Crippen LogP contribution in [0, 0.1) is 6.92 Å². The highest BCUT2D eigenvalue weighted by Crippen LogP contribution is 2.42. The van der Waals surface area contributed by atoms with Crippen molar-refractivity contribution in [2.24, 2.45) is 7.05 Å². The number of hydrogen-bond acceptors (Lipinski definition) is 7. The van der Waals surface area contributed by atoms with Crippen molar-refractivity contribution in [3.05, 3.63) is 54.5 Å². The van der Waals surface area contributed by atoms with Gasteiger partial charge in [-0.15, -0.1) is 10.2 Å². The van der Waals surface area contributed by atoms with E-state index in [9.17, 15) is 9.59 Å². The van der Waals surface area contributed by atoms with Gasteiger partial charge in [-0.2, -0.15) is 5.10 Å². The van der Waals surface area contributed by atoms with E-state index in [0.717, 1.165) is 24.1 Å². The molecule has 1 aliphatic carbocycles. The van der Waals surface area contributed by atoms with Crippen molar-refractivity contribution in [3.8, 4) is 11.1 Å². The number of anilines is 2. The first-order valence-electron chi connectivity index (χ1n) is 13.1. The number of nitrogens with one attached hydrogen (secondary N) is 2. The number of pyridine rings is 2. The van der Waals surface area contributed by atoms with E-state index >= 15 is 0 Å². The van der Waals surface area contributed by atoms with Gasteiger partial charge in [-0.05, 0) is 62.9 Å². The molecule has 1 saturated heterocycles. The Bertz CT molecular complexity index is 1510. The molecule has 1 saturated carbocycles. The Balaban J connectivity index is 1.15. The number of carbonyl (C=O) groups excluding carboxylic acids is 2. The highest BCUT2D eigenvalue weighted by atomic mass is 16.2. The minimum atomic E-state index is -0.416. The summed E-state index contributed by atoms with van der Waals surface area (Å²) in [7, 11) is 1.86. The number of carbonyl (C=O) groups is 2. The molecular weight excluding hydrogens is 482 g/mol. The summed E-state index contributed by atoms with van der Waals surface area (Å²) in [5.74, 6) is -0.323. The molecule has 1 aliphatic heterocycles. The first-order valence-corrected chi connectivity index (χ1v) is 13.1. The van der Waals surface area contributed by atoms with Crippen molar-refractivity contribution in [2.75, 3.05) is 23.7 Å². The van der Waals surface area contributed by atoms with Crippen molar-refractivity contribution in [1.82, 2.24) is 34.3 Å². The first kappa shape index (κ1) is 24.2. The van der Waals surface area contributed by atoms with E-state index in [0.29, 0.717) is 29.3 Å². The van der Waals surface area contributed by atoms with E-state index < -0.39 is 5.91 Å². The van der Waals surface area contributed by atoms with Gasteiger partial charge >= 0.3 is 0 Å². The third-order valence-corrected chi connectivity index (χ3v) is 7.88. The van der Waals surface area contributed by atoms with Crippen LogP contribution in [0.4, 0.5) is 11.4 Å². The predicted octanol–water partition coefficient (Wildman–Crippen LogP) is 3.43. The molecule has 0 radical (unpaired) electrons. The molecule has 11 heteroatoms. The zero-order chi connectivity index (χ0) is 26.3. The Hall–Kier alpha value is -4.12. The second-order valence-electron chi connectivity index (χ2n) is 10.4. The maximum Gasteiger partial charge on any atom is 0.294 e. The lowest BCUT2D eigenvalue weighted by molar-refractivity contribution is -0.118. The van der Waals surface area contributed by atoms with Crippen LogP contribution in [0.5, 0.6) is 0 Å². The second-order valence-corrected chi connectivity index (χ2v) is 10.4. The zero-order valence-corrected chi connectivity index (χ0v) is 21.6. The highest BCUT2D eigenvalue weighted by molar-refractivity contribution is 6.03. The van der Waals surface area contributed by atoms with Crippen LogP contribution >= 0.6 is 0 Å². The van der Waals surface area contributed by atoms with Gasteiger partial charge < -0.3 is 10.6 Å². The van der Waals surface area contributed by atoms with Gasteiger partial charge in [0.25, 0.3) is 5.91 Å². The number of rotatable bonds is 6. The number of aryl methyl sites for hydroxylation is 2. The number of aromatic nitrogens is 6. The molecule has 2 fully saturated rings. The Labute approximate surface area is 220 Å². The van der Waals surface area contributed by atoms with E-state index in [1.807, 2.05) is 25.4 Å². The number of likely N-dealkylation sites (tertiary alicyclic amines) is 1. The summed E-state index contributed by atoms with van der Waals surface area (Å²) >= 11 is 0. The van der Waals surface area contributed by atoms with Gasteiger partial charge in [0, 0.05) is 30.5 Å². The molecule has 0 bridgehead atoms. The van der Waals surface area contributed by atoms with Crippen LogP contribution in [0.1, 0.15) is 54.8 Å². The van der Waals surface area contributed by atoms with E-state index in [-0.39, 0.29) is 17.3 Å². The molecule has 2 aliphatic rings. The fourth-order valence-corrected chi connectivity index (χ4v) is 5.92. The number of hydrogen-bond donors (Lipinski definition) is 2. The van der Waals surface area contributed by atoms with Gasteiger partial charge in [-0.1, -0.05) is 12.8 Å². The van der Waals surface area contributed by atoms with Gasteiger partial charge in [0.15, 0.2) is 5.65 Å². The number of nitrogens with zero attached hydrogens (tertiary/aromatic N) is 7. The van der Waals surface area contributed by atoms with E-state index in [2.05, 4.69) is 35.8 Å². The van der Waals surface area contributed by atoms with Crippen LogP contribution < -0.4 is 10.6 Å². The lowest BCUT2D eigenvalue weighted by atomic mass is 9.94. The fourth-order valence-electron chi connectivity index (χ4n) is 5.92. The highest BCUT2D eigenvalue weighted by Gasteiger charge is 2.43. The van der Waals surface area contributed by atoms with Crippen LogP contribution in [0.2, 0.25) is 0 Å². The van der Waals surface area contributed by atoms with Crippen molar-refractivity contribution in [3.63, 3.8) is 0 Å². The van der Waals surface area contributed by atoms with Crippen molar-refractivity contribution in [2.45, 2.75) is 51.0 Å². The number of fused-ring (bicyclic) bond motifs is 1. The zero-order valence-electron chi connectivity index (χ0n) is 21.6. The van der Waals surface area contributed by atoms with Crippen LogP contribution in [-0.2, 0) is 11.8 Å². The maximum atomic E-state index is 13.1. The van der Waals surface area contributed by atoms with Crippen LogP contribution in [0.3, 0.4) is 0 Å². The summed E-state index contributed by atoms with van der Waals surface area (Å²) in [4.78, 5) is 32.8. The van der Waals surface area contributed by atoms with Gasteiger partial charge in [-0.25, -0.2) is 0 Å². The molecular formula is C27H31N9O2. The van der Waals surface area contributed by atoms with Crippen LogP contribution in [0.25, 0.3) is 16.8 Å². The molecule has 6 rings (SSSR count). The van der Waals surface area contributed by atoms with Crippen molar-refractivity contribution >= 4 is 28.8 Å². The summed E-state index contributed by atoms with van der Waals surface area (Å²) in [6.07, 6.45) is 14.3. The van der Waals surface area contributed by atoms with E-state index in [1.54, 1.807) is 40.7 Å². The Kier molecular flexibility index (Phi) is 6.15. The minimum Gasteiger partial charge on any atom is -0.324 e. The van der Waals surface area contributed by atoms with Crippen LogP contribution in [0.15, 0.2) is 43.0 Å². The average Bonchev–Trinajstić information content (AvgIpc) is 3.70.